The van der Waals surface area contributed by atoms with Gasteiger partial charge in [0.25, 0.3) is 0 Å². The van der Waals surface area contributed by atoms with Crippen LogP contribution in [0.4, 0.5) is 0 Å². The molecule has 1 fully saturated rings. The number of benzene rings is 1. The molecule has 1 heterocycles. The van der Waals surface area contributed by atoms with E-state index in [4.69, 9.17) is 4.74 Å². The number of ether oxygens (including phenoxy) is 1. The van der Waals surface area contributed by atoms with Crippen LogP contribution in [0.15, 0.2) is 24.3 Å². The monoisotopic (exact) mass is 306 g/mol. The van der Waals surface area contributed by atoms with Crippen molar-refractivity contribution < 1.29 is 9.84 Å². The molecule has 1 aromatic carbocycles. The molecule has 22 heavy (non-hydrogen) atoms. The zero-order chi connectivity index (χ0) is 15.8. The Morgan fingerprint density at radius 3 is 2.82 bits per heavy atom. The molecule has 1 saturated heterocycles. The predicted molar refractivity (Wildman–Crippen MR) is 90.2 cm³/mol. The van der Waals surface area contributed by atoms with Crippen molar-refractivity contribution in [3.63, 3.8) is 0 Å². The number of nitrogens with one attached hydrogen (secondary N) is 1. The highest BCUT2D eigenvalue weighted by atomic mass is 16.5. The molecule has 0 radical (unpaired) electrons. The van der Waals surface area contributed by atoms with Gasteiger partial charge in [0.15, 0.2) is 0 Å². The van der Waals surface area contributed by atoms with Gasteiger partial charge in [-0.2, -0.15) is 0 Å². The molecule has 1 aliphatic rings. The van der Waals surface area contributed by atoms with E-state index < -0.39 is 0 Å². The summed E-state index contributed by atoms with van der Waals surface area (Å²) in [5.74, 6) is 1.70. The van der Waals surface area contributed by atoms with Gasteiger partial charge in [0.1, 0.15) is 5.75 Å². The van der Waals surface area contributed by atoms with Gasteiger partial charge in [-0.3, -0.25) is 0 Å². The van der Waals surface area contributed by atoms with Gasteiger partial charge >= 0.3 is 0 Å². The normalized spacial score (nSPS) is 18.3. The van der Waals surface area contributed by atoms with Crippen molar-refractivity contribution in [2.75, 3.05) is 32.8 Å². The number of likely N-dealkylation sites (tertiary alicyclic amines) is 1. The molecule has 0 amide bonds. The first-order valence-corrected chi connectivity index (χ1v) is 8.50. The minimum atomic E-state index is -0.215. The summed E-state index contributed by atoms with van der Waals surface area (Å²) in [6, 6.07) is 8.31. The van der Waals surface area contributed by atoms with E-state index >= 15 is 0 Å². The van der Waals surface area contributed by atoms with Gasteiger partial charge in [-0.05, 0) is 69.9 Å². The van der Waals surface area contributed by atoms with E-state index in [9.17, 15) is 5.11 Å². The van der Waals surface area contributed by atoms with Crippen LogP contribution in [0.1, 0.15) is 32.3 Å². The maximum absolute atomic E-state index is 9.43. The fraction of sp³-hybridized carbons (Fsp3) is 0.667. The standard InChI is InChI=1S/C18H30N2O2/c1-3-22-18-6-4-5-17(11-18)13-19-12-16-7-9-20(10-8-16)14-15(2)21/h4-6,11,15-16,19,21H,3,7-10,12-14H2,1-2H3. The second-order valence-electron chi connectivity index (χ2n) is 6.30. The predicted octanol–water partition coefficient (Wildman–Crippen LogP) is 2.27. The number of hydrogen-bond acceptors (Lipinski definition) is 4. The highest BCUT2D eigenvalue weighted by molar-refractivity contribution is 5.28. The number of hydrogen-bond donors (Lipinski definition) is 2. The SMILES string of the molecule is CCOc1cccc(CNCC2CCN(CC(C)O)CC2)c1. The third kappa shape index (κ3) is 5.95. The van der Waals surface area contributed by atoms with E-state index in [2.05, 4.69) is 28.4 Å². The van der Waals surface area contributed by atoms with Crippen LogP contribution in [0.25, 0.3) is 0 Å². The summed E-state index contributed by atoms with van der Waals surface area (Å²) in [5.41, 5.74) is 1.28. The average molecular weight is 306 g/mol. The van der Waals surface area contributed by atoms with E-state index in [1.807, 2.05) is 19.9 Å². The second kappa shape index (κ2) is 9.13. The zero-order valence-electron chi connectivity index (χ0n) is 13.9. The molecule has 1 atom stereocenters. The van der Waals surface area contributed by atoms with E-state index in [-0.39, 0.29) is 6.10 Å². The summed E-state index contributed by atoms with van der Waals surface area (Å²) < 4.78 is 5.53. The topological polar surface area (TPSA) is 44.7 Å². The Morgan fingerprint density at radius 1 is 1.36 bits per heavy atom. The molecule has 4 heteroatoms. The van der Waals surface area contributed by atoms with Crippen molar-refractivity contribution in [1.29, 1.82) is 0 Å². The minimum Gasteiger partial charge on any atom is -0.494 e. The van der Waals surface area contributed by atoms with Crippen molar-refractivity contribution >= 4 is 0 Å². The highest BCUT2D eigenvalue weighted by Crippen LogP contribution is 2.17. The van der Waals surface area contributed by atoms with Crippen LogP contribution in [0.5, 0.6) is 5.75 Å². The molecule has 2 rings (SSSR count). The zero-order valence-corrected chi connectivity index (χ0v) is 13.9. The summed E-state index contributed by atoms with van der Waals surface area (Å²) >= 11 is 0. The molecule has 0 saturated carbocycles. The summed E-state index contributed by atoms with van der Waals surface area (Å²) in [5, 5.41) is 13.0. The van der Waals surface area contributed by atoms with Gasteiger partial charge in [-0.1, -0.05) is 12.1 Å². The molecule has 1 aliphatic heterocycles. The largest absolute Gasteiger partial charge is 0.494 e. The van der Waals surface area contributed by atoms with Gasteiger partial charge < -0.3 is 20.1 Å². The number of β-amino-alcohol motifs (C(OH)–C–C–N with tert-alkyl or cyclic N) is 1. The third-order valence-electron chi connectivity index (χ3n) is 4.20. The lowest BCUT2D eigenvalue weighted by atomic mass is 9.96. The first kappa shape index (κ1) is 17.3. The number of nitrogens with zero attached hydrogens (tertiary/aromatic N) is 1. The second-order valence-corrected chi connectivity index (χ2v) is 6.30. The molecule has 0 bridgehead atoms. The molecule has 1 unspecified atom stereocenters. The third-order valence-corrected chi connectivity index (χ3v) is 4.20. The fourth-order valence-corrected chi connectivity index (χ4v) is 3.08. The lowest BCUT2D eigenvalue weighted by Crippen LogP contribution is -2.40. The number of piperidine rings is 1. The molecule has 4 nitrogen and oxygen atoms in total. The lowest BCUT2D eigenvalue weighted by molar-refractivity contribution is 0.0998. The summed E-state index contributed by atoms with van der Waals surface area (Å²) in [7, 11) is 0. The Kier molecular flexibility index (Phi) is 7.16. The maximum Gasteiger partial charge on any atom is 0.119 e. The lowest BCUT2D eigenvalue weighted by Gasteiger charge is -2.32. The Hall–Kier alpha value is -1.10. The molecule has 124 valence electrons. The Morgan fingerprint density at radius 2 is 2.14 bits per heavy atom. The van der Waals surface area contributed by atoms with E-state index in [1.165, 1.54) is 18.4 Å². The van der Waals surface area contributed by atoms with Crippen molar-refractivity contribution in [3.8, 4) is 5.75 Å². The van der Waals surface area contributed by atoms with E-state index in [1.54, 1.807) is 0 Å². The first-order chi connectivity index (χ1) is 10.7. The van der Waals surface area contributed by atoms with Crippen molar-refractivity contribution in [2.45, 2.75) is 39.3 Å². The Bertz CT molecular complexity index is 429. The number of rotatable bonds is 8. The van der Waals surface area contributed by atoms with Crippen LogP contribution >= 0.6 is 0 Å². The smallest absolute Gasteiger partial charge is 0.119 e. The van der Waals surface area contributed by atoms with Crippen LogP contribution in [-0.4, -0.2) is 48.9 Å². The number of aliphatic hydroxyl groups excluding tert-OH is 1. The van der Waals surface area contributed by atoms with Crippen LogP contribution in [0.2, 0.25) is 0 Å². The molecular weight excluding hydrogens is 276 g/mol. The molecule has 0 spiro atoms. The summed E-state index contributed by atoms with van der Waals surface area (Å²) in [4.78, 5) is 2.37. The molecule has 0 aromatic heterocycles. The van der Waals surface area contributed by atoms with Crippen LogP contribution < -0.4 is 10.1 Å². The average Bonchev–Trinajstić information content (AvgIpc) is 2.49. The van der Waals surface area contributed by atoms with Gasteiger partial charge in [-0.15, -0.1) is 0 Å². The minimum absolute atomic E-state index is 0.215. The van der Waals surface area contributed by atoms with Gasteiger partial charge in [-0.25, -0.2) is 0 Å². The molecule has 2 N–H and O–H groups in total. The first-order valence-electron chi connectivity index (χ1n) is 8.50. The highest BCUT2D eigenvalue weighted by Gasteiger charge is 2.19. The molecular formula is C18H30N2O2. The van der Waals surface area contributed by atoms with Gasteiger partial charge in [0, 0.05) is 13.1 Å². The number of aliphatic hydroxyl groups is 1. The quantitative estimate of drug-likeness (QED) is 0.773. The Labute approximate surface area is 134 Å². The molecule has 0 aliphatic carbocycles. The van der Waals surface area contributed by atoms with Crippen LogP contribution in [0, 0.1) is 5.92 Å². The van der Waals surface area contributed by atoms with Gasteiger partial charge in [0.2, 0.25) is 0 Å². The van der Waals surface area contributed by atoms with Crippen LogP contribution in [-0.2, 0) is 6.54 Å². The fourth-order valence-electron chi connectivity index (χ4n) is 3.08. The van der Waals surface area contributed by atoms with Crippen molar-refractivity contribution in [1.82, 2.24) is 10.2 Å². The summed E-state index contributed by atoms with van der Waals surface area (Å²) in [6.45, 7) is 9.58. The van der Waals surface area contributed by atoms with Crippen molar-refractivity contribution in [3.05, 3.63) is 29.8 Å². The van der Waals surface area contributed by atoms with E-state index in [0.29, 0.717) is 6.61 Å². The van der Waals surface area contributed by atoms with E-state index in [0.717, 1.165) is 44.4 Å². The summed E-state index contributed by atoms with van der Waals surface area (Å²) in [6.07, 6.45) is 2.23. The van der Waals surface area contributed by atoms with Crippen LogP contribution in [0.3, 0.4) is 0 Å². The Balaban J connectivity index is 1.66. The van der Waals surface area contributed by atoms with Gasteiger partial charge in [0.05, 0.1) is 12.7 Å². The maximum atomic E-state index is 9.43. The molecule has 1 aromatic rings. The van der Waals surface area contributed by atoms with Crippen molar-refractivity contribution in [2.24, 2.45) is 5.92 Å².